The Bertz CT molecular complexity index is 652. The number of nitrogens with zero attached hydrogens (tertiary/aromatic N) is 2. The van der Waals surface area contributed by atoms with Crippen molar-refractivity contribution in [1.82, 2.24) is 9.21 Å². The van der Waals surface area contributed by atoms with Gasteiger partial charge in [0.1, 0.15) is 5.75 Å². The number of ether oxygens (including phenoxy) is 1. The topological polar surface area (TPSA) is 66.9 Å². The molecular weight excluding hydrogens is 328 g/mol. The highest BCUT2D eigenvalue weighted by Crippen LogP contribution is 2.19. The van der Waals surface area contributed by atoms with Crippen molar-refractivity contribution in [3.63, 3.8) is 0 Å². The van der Waals surface area contributed by atoms with Crippen molar-refractivity contribution >= 4 is 15.9 Å². The van der Waals surface area contributed by atoms with E-state index >= 15 is 0 Å². The lowest BCUT2D eigenvalue weighted by Gasteiger charge is -2.34. The van der Waals surface area contributed by atoms with Gasteiger partial charge in [-0.1, -0.05) is 31.5 Å². The van der Waals surface area contributed by atoms with E-state index in [1.54, 1.807) is 12.0 Å². The summed E-state index contributed by atoms with van der Waals surface area (Å²) >= 11 is 0. The van der Waals surface area contributed by atoms with E-state index in [1.807, 2.05) is 31.2 Å². The third-order valence-electron chi connectivity index (χ3n) is 4.27. The lowest BCUT2D eigenvalue weighted by atomic mass is 10.1. The molecule has 0 radical (unpaired) electrons. The molecule has 1 aromatic rings. The van der Waals surface area contributed by atoms with Gasteiger partial charge in [0.15, 0.2) is 0 Å². The van der Waals surface area contributed by atoms with Gasteiger partial charge in [-0.3, -0.25) is 4.79 Å². The van der Waals surface area contributed by atoms with E-state index in [-0.39, 0.29) is 18.1 Å². The summed E-state index contributed by atoms with van der Waals surface area (Å²) in [5, 5.41) is 0. The van der Waals surface area contributed by atoms with Gasteiger partial charge in [-0.15, -0.1) is 0 Å². The standard InChI is InChI=1S/C17H26N2O4S/c1-3-4-13-24(21,22)19-11-9-18(10-12-19)17(20)14-15-7-5-6-8-16(15)23-2/h5-8H,3-4,9-14H2,1-2H3. The second-order valence-corrected chi connectivity index (χ2v) is 8.03. The number of hydrogen-bond acceptors (Lipinski definition) is 4. The quantitative estimate of drug-likeness (QED) is 0.744. The van der Waals surface area contributed by atoms with Crippen LogP contribution in [0.2, 0.25) is 0 Å². The van der Waals surface area contributed by atoms with Gasteiger partial charge in [0.2, 0.25) is 15.9 Å². The van der Waals surface area contributed by atoms with Crippen molar-refractivity contribution in [2.75, 3.05) is 39.0 Å². The molecule has 0 aliphatic carbocycles. The van der Waals surface area contributed by atoms with Crippen molar-refractivity contribution in [2.45, 2.75) is 26.2 Å². The van der Waals surface area contributed by atoms with E-state index in [0.29, 0.717) is 38.3 Å². The normalized spacial score (nSPS) is 16.2. The van der Waals surface area contributed by atoms with Crippen LogP contribution in [-0.2, 0) is 21.2 Å². The number of carbonyl (C=O) groups excluding carboxylic acids is 1. The summed E-state index contributed by atoms with van der Waals surface area (Å²) in [6.07, 6.45) is 1.80. The third kappa shape index (κ3) is 4.70. The number of carbonyl (C=O) groups is 1. The molecule has 0 bridgehead atoms. The largest absolute Gasteiger partial charge is 0.496 e. The Kier molecular flexibility index (Phi) is 6.62. The first-order chi connectivity index (χ1) is 11.5. The molecule has 24 heavy (non-hydrogen) atoms. The van der Waals surface area contributed by atoms with Crippen molar-refractivity contribution in [3.8, 4) is 5.75 Å². The number of rotatable bonds is 7. The summed E-state index contributed by atoms with van der Waals surface area (Å²) in [5.74, 6) is 0.898. The van der Waals surface area contributed by atoms with E-state index in [2.05, 4.69) is 0 Å². The molecule has 1 aromatic carbocycles. The highest BCUT2D eigenvalue weighted by Gasteiger charge is 2.28. The van der Waals surface area contributed by atoms with E-state index in [9.17, 15) is 13.2 Å². The van der Waals surface area contributed by atoms with Gasteiger partial charge in [0.05, 0.1) is 19.3 Å². The van der Waals surface area contributed by atoms with Gasteiger partial charge >= 0.3 is 0 Å². The van der Waals surface area contributed by atoms with Crippen molar-refractivity contribution in [3.05, 3.63) is 29.8 Å². The lowest BCUT2D eigenvalue weighted by molar-refractivity contribution is -0.131. The number of para-hydroxylation sites is 1. The number of amides is 1. The molecule has 0 saturated carbocycles. The predicted octanol–water partition coefficient (Wildman–Crippen LogP) is 1.51. The van der Waals surface area contributed by atoms with Crippen LogP contribution in [0.4, 0.5) is 0 Å². The average Bonchev–Trinajstić information content (AvgIpc) is 2.60. The number of methoxy groups -OCH3 is 1. The van der Waals surface area contributed by atoms with E-state index in [4.69, 9.17) is 4.74 Å². The zero-order chi connectivity index (χ0) is 17.6. The molecule has 7 heteroatoms. The Hall–Kier alpha value is -1.60. The number of unbranched alkanes of at least 4 members (excludes halogenated alkanes) is 1. The van der Waals surface area contributed by atoms with Crippen LogP contribution in [0.1, 0.15) is 25.3 Å². The average molecular weight is 354 g/mol. The first-order valence-electron chi connectivity index (χ1n) is 8.35. The predicted molar refractivity (Wildman–Crippen MR) is 93.5 cm³/mol. The summed E-state index contributed by atoms with van der Waals surface area (Å²) in [5.41, 5.74) is 0.850. The smallest absolute Gasteiger partial charge is 0.227 e. The fourth-order valence-electron chi connectivity index (χ4n) is 2.80. The zero-order valence-corrected chi connectivity index (χ0v) is 15.2. The van der Waals surface area contributed by atoms with Gasteiger partial charge in [-0.05, 0) is 12.5 Å². The highest BCUT2D eigenvalue weighted by atomic mass is 32.2. The third-order valence-corrected chi connectivity index (χ3v) is 6.23. The van der Waals surface area contributed by atoms with Crippen LogP contribution in [0.25, 0.3) is 0 Å². The van der Waals surface area contributed by atoms with Crippen LogP contribution in [0.5, 0.6) is 5.75 Å². The minimum absolute atomic E-state index is 0.00473. The molecule has 1 aliphatic rings. The summed E-state index contributed by atoms with van der Waals surface area (Å²) in [6, 6.07) is 7.46. The molecule has 1 aliphatic heterocycles. The summed E-state index contributed by atoms with van der Waals surface area (Å²) < 4.78 is 31.2. The summed E-state index contributed by atoms with van der Waals surface area (Å²) in [4.78, 5) is 14.2. The van der Waals surface area contributed by atoms with Gasteiger partial charge in [0.25, 0.3) is 0 Å². The van der Waals surface area contributed by atoms with Crippen LogP contribution in [0.3, 0.4) is 0 Å². The van der Waals surface area contributed by atoms with Crippen LogP contribution in [0.15, 0.2) is 24.3 Å². The monoisotopic (exact) mass is 354 g/mol. The molecule has 2 rings (SSSR count). The van der Waals surface area contributed by atoms with Gasteiger partial charge < -0.3 is 9.64 Å². The molecule has 6 nitrogen and oxygen atoms in total. The van der Waals surface area contributed by atoms with Crippen LogP contribution < -0.4 is 4.74 Å². The molecule has 1 heterocycles. The van der Waals surface area contributed by atoms with Gasteiger partial charge in [-0.2, -0.15) is 4.31 Å². The summed E-state index contributed by atoms with van der Waals surface area (Å²) in [6.45, 7) is 3.62. The number of benzene rings is 1. The Balaban J connectivity index is 1.91. The first-order valence-corrected chi connectivity index (χ1v) is 9.96. The first kappa shape index (κ1) is 18.7. The van der Waals surface area contributed by atoms with Crippen LogP contribution in [0, 0.1) is 0 Å². The molecule has 1 fully saturated rings. The van der Waals surface area contributed by atoms with Crippen molar-refractivity contribution < 1.29 is 17.9 Å². The van der Waals surface area contributed by atoms with E-state index < -0.39 is 10.0 Å². The van der Waals surface area contributed by atoms with E-state index in [0.717, 1.165) is 12.0 Å². The molecule has 0 atom stereocenters. The highest BCUT2D eigenvalue weighted by molar-refractivity contribution is 7.89. The maximum Gasteiger partial charge on any atom is 0.227 e. The van der Waals surface area contributed by atoms with E-state index in [1.165, 1.54) is 4.31 Å². The molecule has 1 saturated heterocycles. The molecule has 0 aromatic heterocycles. The molecule has 0 unspecified atom stereocenters. The minimum atomic E-state index is -3.19. The minimum Gasteiger partial charge on any atom is -0.496 e. The fourth-order valence-corrected chi connectivity index (χ4v) is 4.43. The number of sulfonamides is 1. The fraction of sp³-hybridized carbons (Fsp3) is 0.588. The number of hydrogen-bond donors (Lipinski definition) is 0. The molecule has 0 spiro atoms. The Morgan fingerprint density at radius 3 is 2.46 bits per heavy atom. The van der Waals surface area contributed by atoms with Crippen LogP contribution in [-0.4, -0.2) is 62.6 Å². The Morgan fingerprint density at radius 2 is 1.83 bits per heavy atom. The maximum atomic E-state index is 12.5. The maximum absolute atomic E-state index is 12.5. The Morgan fingerprint density at radius 1 is 1.17 bits per heavy atom. The second kappa shape index (κ2) is 8.48. The van der Waals surface area contributed by atoms with Crippen molar-refractivity contribution in [2.24, 2.45) is 0 Å². The second-order valence-electron chi connectivity index (χ2n) is 5.94. The molecular formula is C17H26N2O4S. The SMILES string of the molecule is CCCCS(=O)(=O)N1CCN(C(=O)Cc2ccccc2OC)CC1. The zero-order valence-electron chi connectivity index (χ0n) is 14.4. The van der Waals surface area contributed by atoms with Gasteiger partial charge in [0, 0.05) is 31.7 Å². The lowest BCUT2D eigenvalue weighted by Crippen LogP contribution is -2.51. The van der Waals surface area contributed by atoms with Crippen LogP contribution >= 0.6 is 0 Å². The molecule has 134 valence electrons. The summed E-state index contributed by atoms with van der Waals surface area (Å²) in [7, 11) is -1.60. The number of piperazine rings is 1. The molecule has 1 amide bonds. The van der Waals surface area contributed by atoms with Gasteiger partial charge in [-0.25, -0.2) is 8.42 Å². The van der Waals surface area contributed by atoms with Crippen molar-refractivity contribution in [1.29, 1.82) is 0 Å². The molecule has 0 N–H and O–H groups in total. The Labute approximate surface area is 144 Å².